The Hall–Kier alpha value is -1.09. The maximum absolute atomic E-state index is 11.3. The molecule has 0 aliphatic heterocycles. The molecule has 1 aromatic carbocycles. The highest BCUT2D eigenvalue weighted by atomic mass is 32.2. The van der Waals surface area contributed by atoms with E-state index in [1.807, 2.05) is 18.2 Å². The Bertz CT molecular complexity index is 384. The molecule has 0 spiro atoms. The summed E-state index contributed by atoms with van der Waals surface area (Å²) in [6.07, 6.45) is 2.32. The van der Waals surface area contributed by atoms with Gasteiger partial charge < -0.3 is 0 Å². The average molecular weight is 248 g/mol. The van der Waals surface area contributed by atoms with E-state index in [0.29, 0.717) is 12.8 Å². The fourth-order valence-electron chi connectivity index (χ4n) is 2.14. The Balaban J connectivity index is 1.75. The van der Waals surface area contributed by atoms with Crippen molar-refractivity contribution in [1.82, 2.24) is 0 Å². The Kier molecular flexibility index (Phi) is 4.37. The van der Waals surface area contributed by atoms with Gasteiger partial charge in [-0.25, -0.2) is 0 Å². The summed E-state index contributed by atoms with van der Waals surface area (Å²) in [5.74, 6) is 1.50. The third-order valence-corrected chi connectivity index (χ3v) is 4.01. The molecular weight excluding hydrogens is 232 g/mol. The Morgan fingerprint density at radius 2 is 1.71 bits per heavy atom. The summed E-state index contributed by atoms with van der Waals surface area (Å²) in [6, 6.07) is 10.2. The Morgan fingerprint density at radius 3 is 2.35 bits per heavy atom. The highest BCUT2D eigenvalue weighted by Gasteiger charge is 2.24. The van der Waals surface area contributed by atoms with E-state index in [9.17, 15) is 9.59 Å². The van der Waals surface area contributed by atoms with Crippen LogP contribution < -0.4 is 0 Å². The van der Waals surface area contributed by atoms with Gasteiger partial charge in [-0.3, -0.25) is 9.59 Å². The molecule has 1 saturated carbocycles. The minimum absolute atomic E-state index is 0.121. The molecule has 3 heteroatoms. The van der Waals surface area contributed by atoms with Gasteiger partial charge in [-0.2, -0.15) is 0 Å². The molecular formula is C14H16O2S. The van der Waals surface area contributed by atoms with Crippen LogP contribution in [0.25, 0.3) is 0 Å². The minimum atomic E-state index is 0.121. The van der Waals surface area contributed by atoms with Crippen molar-refractivity contribution in [3.05, 3.63) is 30.3 Å². The van der Waals surface area contributed by atoms with E-state index < -0.39 is 0 Å². The highest BCUT2D eigenvalue weighted by molar-refractivity contribution is 7.99. The zero-order valence-corrected chi connectivity index (χ0v) is 10.5. The number of Topliss-reactive ketones (excluding diaryl/α,β-unsaturated/α-hetero) is 2. The van der Waals surface area contributed by atoms with Crippen LogP contribution in [0.5, 0.6) is 0 Å². The van der Waals surface area contributed by atoms with Crippen molar-refractivity contribution in [3.63, 3.8) is 0 Å². The quantitative estimate of drug-likeness (QED) is 0.606. The highest BCUT2D eigenvalue weighted by Crippen LogP contribution is 2.26. The molecule has 1 aliphatic rings. The summed E-state index contributed by atoms with van der Waals surface area (Å²) in [5.41, 5.74) is 0. The molecule has 1 aliphatic carbocycles. The average Bonchev–Trinajstić information content (AvgIpc) is 2.29. The fourth-order valence-corrected chi connectivity index (χ4v) is 3.18. The number of rotatable bonds is 4. The first-order chi connectivity index (χ1) is 8.24. The van der Waals surface area contributed by atoms with Crippen molar-refractivity contribution >= 4 is 23.3 Å². The predicted molar refractivity (Wildman–Crippen MR) is 69.1 cm³/mol. The van der Waals surface area contributed by atoms with E-state index in [1.54, 1.807) is 11.8 Å². The molecule has 2 rings (SSSR count). The molecule has 17 heavy (non-hydrogen) atoms. The zero-order chi connectivity index (χ0) is 12.1. The number of benzene rings is 1. The van der Waals surface area contributed by atoms with Gasteiger partial charge in [0.05, 0.1) is 6.42 Å². The SMILES string of the molecule is O=C1CC(=O)CC(CCSc2ccccc2)C1. The second-order valence-corrected chi connectivity index (χ2v) is 5.65. The summed E-state index contributed by atoms with van der Waals surface area (Å²) in [7, 11) is 0. The van der Waals surface area contributed by atoms with Crippen LogP contribution in [-0.2, 0) is 9.59 Å². The molecule has 0 saturated heterocycles. The van der Waals surface area contributed by atoms with E-state index in [0.717, 1.165) is 12.2 Å². The molecule has 1 fully saturated rings. The summed E-state index contributed by atoms with van der Waals surface area (Å²) in [4.78, 5) is 23.8. The lowest BCUT2D eigenvalue weighted by Gasteiger charge is -2.19. The van der Waals surface area contributed by atoms with Crippen molar-refractivity contribution in [1.29, 1.82) is 0 Å². The molecule has 0 heterocycles. The van der Waals surface area contributed by atoms with Gasteiger partial charge in [0.2, 0.25) is 0 Å². The van der Waals surface area contributed by atoms with Crippen molar-refractivity contribution in [2.45, 2.75) is 30.6 Å². The van der Waals surface area contributed by atoms with Crippen molar-refractivity contribution < 1.29 is 9.59 Å². The van der Waals surface area contributed by atoms with Gasteiger partial charge in [0.25, 0.3) is 0 Å². The van der Waals surface area contributed by atoms with Gasteiger partial charge >= 0.3 is 0 Å². The molecule has 1 aromatic rings. The monoisotopic (exact) mass is 248 g/mol. The third kappa shape index (κ3) is 4.00. The summed E-state index contributed by atoms with van der Waals surface area (Å²) in [6.45, 7) is 0. The lowest BCUT2D eigenvalue weighted by atomic mass is 9.86. The van der Waals surface area contributed by atoms with Crippen molar-refractivity contribution in [3.8, 4) is 0 Å². The van der Waals surface area contributed by atoms with Crippen molar-refractivity contribution in [2.75, 3.05) is 5.75 Å². The largest absolute Gasteiger partial charge is 0.299 e. The van der Waals surface area contributed by atoms with Crippen LogP contribution in [0.4, 0.5) is 0 Å². The molecule has 90 valence electrons. The molecule has 0 amide bonds. The van der Waals surface area contributed by atoms with Gasteiger partial charge in [-0.05, 0) is 30.2 Å². The van der Waals surface area contributed by atoms with Crippen LogP contribution in [-0.4, -0.2) is 17.3 Å². The van der Waals surface area contributed by atoms with Crippen molar-refractivity contribution in [2.24, 2.45) is 5.92 Å². The smallest absolute Gasteiger partial charge is 0.140 e. The Morgan fingerprint density at radius 1 is 1.06 bits per heavy atom. The first-order valence-corrected chi connectivity index (χ1v) is 6.94. The molecule has 2 nitrogen and oxygen atoms in total. The molecule has 0 bridgehead atoms. The van der Waals surface area contributed by atoms with Gasteiger partial charge in [0.15, 0.2) is 0 Å². The molecule has 0 radical (unpaired) electrons. The Labute approximate surface area is 106 Å². The third-order valence-electron chi connectivity index (χ3n) is 2.97. The lowest BCUT2D eigenvalue weighted by molar-refractivity contribution is -0.131. The zero-order valence-electron chi connectivity index (χ0n) is 9.72. The summed E-state index contributed by atoms with van der Waals surface area (Å²) in [5, 5.41) is 0. The van der Waals surface area contributed by atoms with Gasteiger partial charge in [0, 0.05) is 17.7 Å². The van der Waals surface area contributed by atoms with Crippen LogP contribution in [0.1, 0.15) is 25.7 Å². The van der Waals surface area contributed by atoms with Crippen LogP contribution in [0.15, 0.2) is 35.2 Å². The lowest BCUT2D eigenvalue weighted by Crippen LogP contribution is -2.22. The fraction of sp³-hybridized carbons (Fsp3) is 0.429. The number of hydrogen-bond donors (Lipinski definition) is 0. The second-order valence-electron chi connectivity index (χ2n) is 4.48. The number of carbonyl (C=O) groups is 2. The minimum Gasteiger partial charge on any atom is -0.299 e. The number of thioether (sulfide) groups is 1. The normalized spacial score (nSPS) is 17.4. The molecule has 0 unspecified atom stereocenters. The summed E-state index contributed by atoms with van der Waals surface area (Å²) >= 11 is 1.79. The van der Waals surface area contributed by atoms with Gasteiger partial charge in [0.1, 0.15) is 11.6 Å². The van der Waals surface area contributed by atoms with Crippen LogP contribution in [0, 0.1) is 5.92 Å². The van der Waals surface area contributed by atoms with E-state index in [-0.39, 0.29) is 23.9 Å². The molecule has 0 N–H and O–H groups in total. The van der Waals surface area contributed by atoms with Crippen LogP contribution in [0.2, 0.25) is 0 Å². The number of carbonyl (C=O) groups excluding carboxylic acids is 2. The first-order valence-electron chi connectivity index (χ1n) is 5.95. The maximum Gasteiger partial charge on any atom is 0.140 e. The van der Waals surface area contributed by atoms with Gasteiger partial charge in [-0.1, -0.05) is 18.2 Å². The number of hydrogen-bond acceptors (Lipinski definition) is 3. The van der Waals surface area contributed by atoms with E-state index in [1.165, 1.54) is 4.90 Å². The van der Waals surface area contributed by atoms with Crippen LogP contribution >= 0.6 is 11.8 Å². The molecule has 0 atom stereocenters. The second kappa shape index (κ2) is 6.01. The van der Waals surface area contributed by atoms with E-state index >= 15 is 0 Å². The van der Waals surface area contributed by atoms with Gasteiger partial charge in [-0.15, -0.1) is 11.8 Å². The maximum atomic E-state index is 11.3. The standard InChI is InChI=1S/C14H16O2S/c15-12-8-11(9-13(16)10-12)6-7-17-14-4-2-1-3-5-14/h1-5,11H,6-10H2. The van der Waals surface area contributed by atoms with Crippen LogP contribution in [0.3, 0.4) is 0 Å². The predicted octanol–water partition coefficient (Wildman–Crippen LogP) is 3.11. The first kappa shape index (κ1) is 12.4. The van der Waals surface area contributed by atoms with E-state index in [2.05, 4.69) is 12.1 Å². The molecule has 0 aromatic heterocycles. The number of ketones is 2. The topological polar surface area (TPSA) is 34.1 Å². The summed E-state index contributed by atoms with van der Waals surface area (Å²) < 4.78 is 0. The van der Waals surface area contributed by atoms with E-state index in [4.69, 9.17) is 0 Å².